The van der Waals surface area contributed by atoms with Crippen LogP contribution in [0.3, 0.4) is 0 Å². The molecule has 7 nitrogen and oxygen atoms in total. The predicted octanol–water partition coefficient (Wildman–Crippen LogP) is 3.63. The summed E-state index contributed by atoms with van der Waals surface area (Å²) in [5.74, 6) is 0.628. The summed E-state index contributed by atoms with van der Waals surface area (Å²) in [6, 6.07) is 5.91. The number of furan rings is 1. The van der Waals surface area contributed by atoms with Crippen molar-refractivity contribution in [2.75, 3.05) is 19.6 Å². The smallest absolute Gasteiger partial charge is 0.433 e. The number of rotatable bonds is 4. The van der Waals surface area contributed by atoms with E-state index in [0.29, 0.717) is 30.7 Å². The largest absolute Gasteiger partial charge is 0.468 e. The topological polar surface area (TPSA) is 66.9 Å². The molecule has 3 aromatic rings. The van der Waals surface area contributed by atoms with Gasteiger partial charge in [0.25, 0.3) is 5.91 Å². The van der Waals surface area contributed by atoms with Gasteiger partial charge in [-0.25, -0.2) is 9.50 Å². The summed E-state index contributed by atoms with van der Waals surface area (Å²) in [7, 11) is 0. The molecule has 1 saturated heterocycles. The third-order valence-electron chi connectivity index (χ3n) is 5.56. The molecular formula is C21H24F3N5O2. The minimum atomic E-state index is -4.60. The molecule has 4 heterocycles. The summed E-state index contributed by atoms with van der Waals surface area (Å²) in [4.78, 5) is 21.3. The normalized spacial score (nSPS) is 18.3. The Bertz CT molecular complexity index is 1070. The molecule has 0 saturated carbocycles. The fourth-order valence-electron chi connectivity index (χ4n) is 4.01. The molecule has 31 heavy (non-hydrogen) atoms. The molecule has 0 bridgehead atoms. The highest BCUT2D eigenvalue weighted by Crippen LogP contribution is 2.30. The SMILES string of the molecule is Cc1cc(C(F)(F)F)n2nc(C(=O)N3CCN(Cc4ccco4)C[C@@H]3C(C)C)cc2n1. The second kappa shape index (κ2) is 7.99. The highest BCUT2D eigenvalue weighted by molar-refractivity contribution is 5.93. The number of aromatic nitrogens is 3. The summed E-state index contributed by atoms with van der Waals surface area (Å²) >= 11 is 0. The Labute approximate surface area is 177 Å². The Morgan fingerprint density at radius 1 is 1.29 bits per heavy atom. The lowest BCUT2D eigenvalue weighted by Gasteiger charge is -2.43. The number of carbonyl (C=O) groups is 1. The summed E-state index contributed by atoms with van der Waals surface area (Å²) in [6.07, 6.45) is -2.97. The number of halogens is 3. The molecule has 4 rings (SSSR count). The maximum Gasteiger partial charge on any atom is 0.433 e. The van der Waals surface area contributed by atoms with E-state index in [4.69, 9.17) is 4.42 Å². The zero-order valence-electron chi connectivity index (χ0n) is 17.6. The highest BCUT2D eigenvalue weighted by atomic mass is 19.4. The van der Waals surface area contributed by atoms with E-state index in [1.165, 1.54) is 13.0 Å². The molecular weight excluding hydrogens is 411 g/mol. The first-order valence-corrected chi connectivity index (χ1v) is 10.1. The summed E-state index contributed by atoms with van der Waals surface area (Å²) in [5, 5.41) is 3.98. The van der Waals surface area contributed by atoms with Gasteiger partial charge in [0.15, 0.2) is 11.3 Å². The molecule has 1 amide bonds. The monoisotopic (exact) mass is 435 g/mol. The van der Waals surface area contributed by atoms with Crippen molar-refractivity contribution in [2.24, 2.45) is 5.92 Å². The zero-order chi connectivity index (χ0) is 22.3. The Morgan fingerprint density at radius 2 is 2.06 bits per heavy atom. The first-order chi connectivity index (χ1) is 14.6. The van der Waals surface area contributed by atoms with Crippen LogP contribution in [-0.2, 0) is 12.7 Å². The number of alkyl halides is 3. The Hall–Kier alpha value is -2.88. The number of fused-ring (bicyclic) bond motifs is 1. The molecule has 1 aliphatic heterocycles. The van der Waals surface area contributed by atoms with Crippen LogP contribution in [0.4, 0.5) is 13.2 Å². The van der Waals surface area contributed by atoms with Gasteiger partial charge in [-0.05, 0) is 31.0 Å². The molecule has 1 fully saturated rings. The van der Waals surface area contributed by atoms with Crippen LogP contribution in [0.5, 0.6) is 0 Å². The highest BCUT2D eigenvalue weighted by Gasteiger charge is 2.37. The number of amides is 1. The molecule has 3 aromatic heterocycles. The minimum Gasteiger partial charge on any atom is -0.468 e. The first-order valence-electron chi connectivity index (χ1n) is 10.1. The third kappa shape index (κ3) is 4.30. The lowest BCUT2D eigenvalue weighted by atomic mass is 9.99. The molecule has 0 unspecified atom stereocenters. The number of piperazine rings is 1. The van der Waals surface area contributed by atoms with E-state index in [-0.39, 0.29) is 34.9 Å². The second-order valence-corrected chi connectivity index (χ2v) is 8.20. The lowest BCUT2D eigenvalue weighted by molar-refractivity contribution is -0.142. The van der Waals surface area contributed by atoms with E-state index >= 15 is 0 Å². The van der Waals surface area contributed by atoms with Gasteiger partial charge in [-0.2, -0.15) is 18.3 Å². The Balaban J connectivity index is 1.60. The van der Waals surface area contributed by atoms with Crippen LogP contribution in [-0.4, -0.2) is 56.0 Å². The summed E-state index contributed by atoms with van der Waals surface area (Å²) in [6.45, 7) is 7.91. The number of nitrogens with zero attached hydrogens (tertiary/aromatic N) is 5. The van der Waals surface area contributed by atoms with Gasteiger partial charge in [0.05, 0.1) is 12.8 Å². The third-order valence-corrected chi connectivity index (χ3v) is 5.56. The van der Waals surface area contributed by atoms with Crippen LogP contribution in [0.2, 0.25) is 0 Å². The molecule has 10 heteroatoms. The van der Waals surface area contributed by atoms with Crippen molar-refractivity contribution in [2.45, 2.75) is 39.5 Å². The van der Waals surface area contributed by atoms with Crippen LogP contribution in [0.15, 0.2) is 34.9 Å². The molecule has 0 aromatic carbocycles. The van der Waals surface area contributed by atoms with Gasteiger partial charge in [-0.15, -0.1) is 0 Å². The van der Waals surface area contributed by atoms with E-state index < -0.39 is 11.9 Å². The van der Waals surface area contributed by atoms with Gasteiger partial charge in [0, 0.05) is 37.4 Å². The molecule has 0 aliphatic carbocycles. The quantitative estimate of drug-likeness (QED) is 0.626. The molecule has 166 valence electrons. The lowest BCUT2D eigenvalue weighted by Crippen LogP contribution is -2.56. The Kier molecular flexibility index (Phi) is 5.50. The van der Waals surface area contributed by atoms with Gasteiger partial charge in [-0.3, -0.25) is 9.69 Å². The molecule has 0 spiro atoms. The van der Waals surface area contributed by atoms with Crippen molar-refractivity contribution in [1.29, 1.82) is 0 Å². The minimum absolute atomic E-state index is 0.00762. The molecule has 1 atom stereocenters. The van der Waals surface area contributed by atoms with Crippen molar-refractivity contribution in [3.05, 3.63) is 53.4 Å². The number of hydrogen-bond donors (Lipinski definition) is 0. The average molecular weight is 435 g/mol. The van der Waals surface area contributed by atoms with Crippen molar-refractivity contribution in [1.82, 2.24) is 24.4 Å². The van der Waals surface area contributed by atoms with E-state index in [1.54, 1.807) is 11.2 Å². The average Bonchev–Trinajstić information content (AvgIpc) is 3.35. The molecule has 1 aliphatic rings. The fourth-order valence-corrected chi connectivity index (χ4v) is 4.01. The van der Waals surface area contributed by atoms with Gasteiger partial charge in [0.2, 0.25) is 0 Å². The maximum atomic E-state index is 13.4. The van der Waals surface area contributed by atoms with Gasteiger partial charge in [-0.1, -0.05) is 13.8 Å². The molecule has 0 N–H and O–H groups in total. The van der Waals surface area contributed by atoms with Crippen molar-refractivity contribution < 1.29 is 22.4 Å². The van der Waals surface area contributed by atoms with Crippen LogP contribution in [0.25, 0.3) is 5.65 Å². The van der Waals surface area contributed by atoms with Crippen LogP contribution in [0, 0.1) is 12.8 Å². The van der Waals surface area contributed by atoms with E-state index in [0.717, 1.165) is 11.8 Å². The van der Waals surface area contributed by atoms with Crippen molar-refractivity contribution in [3.8, 4) is 0 Å². The van der Waals surface area contributed by atoms with Crippen molar-refractivity contribution >= 4 is 11.6 Å². The fraction of sp³-hybridized carbons (Fsp3) is 0.476. The standard InChI is InChI=1S/C21H24F3N5O2/c1-13(2)17-12-27(11-15-5-4-8-31-15)6-7-28(17)20(30)16-10-19-25-14(3)9-18(21(22,23)24)29(19)26-16/h4-5,8-10,13,17H,6-7,11-12H2,1-3H3/t17-/m1/s1. The predicted molar refractivity (Wildman–Crippen MR) is 106 cm³/mol. The second-order valence-electron chi connectivity index (χ2n) is 8.20. The van der Waals surface area contributed by atoms with Crippen LogP contribution < -0.4 is 0 Å². The first kappa shape index (κ1) is 21.4. The van der Waals surface area contributed by atoms with Crippen LogP contribution in [0.1, 0.15) is 41.5 Å². The number of aryl methyl sites for hydroxylation is 1. The number of hydrogen-bond acceptors (Lipinski definition) is 5. The summed E-state index contributed by atoms with van der Waals surface area (Å²) in [5.41, 5.74) is -0.759. The molecule has 0 radical (unpaired) electrons. The van der Waals surface area contributed by atoms with Gasteiger partial charge in [0.1, 0.15) is 11.5 Å². The maximum absolute atomic E-state index is 13.4. The van der Waals surface area contributed by atoms with E-state index in [1.807, 2.05) is 26.0 Å². The number of carbonyl (C=O) groups excluding carboxylic acids is 1. The van der Waals surface area contributed by atoms with Gasteiger partial charge >= 0.3 is 6.18 Å². The van der Waals surface area contributed by atoms with E-state index in [2.05, 4.69) is 15.0 Å². The van der Waals surface area contributed by atoms with E-state index in [9.17, 15) is 18.0 Å². The van der Waals surface area contributed by atoms with Crippen molar-refractivity contribution in [3.63, 3.8) is 0 Å². The zero-order valence-corrected chi connectivity index (χ0v) is 17.6. The van der Waals surface area contributed by atoms with Crippen LogP contribution >= 0.6 is 0 Å². The van der Waals surface area contributed by atoms with Gasteiger partial charge < -0.3 is 9.32 Å². The summed E-state index contributed by atoms with van der Waals surface area (Å²) < 4.78 is 46.4. The Morgan fingerprint density at radius 3 is 2.71 bits per heavy atom.